The molecule has 0 fully saturated rings. The summed E-state index contributed by atoms with van der Waals surface area (Å²) >= 11 is 1.87. The van der Waals surface area contributed by atoms with Crippen LogP contribution in [0.15, 0.2) is 232 Å². The summed E-state index contributed by atoms with van der Waals surface area (Å²) in [7, 11) is -1.77. The molecule has 1 nitrogen and oxygen atoms in total. The van der Waals surface area contributed by atoms with Crippen molar-refractivity contribution in [2.75, 3.05) is 4.90 Å². The average molecular weight is 690 g/mol. The molecule has 8 aromatic carbocycles. The summed E-state index contributed by atoms with van der Waals surface area (Å²) in [5.74, 6) is 0. The molecule has 0 aliphatic carbocycles. The minimum absolute atomic E-state index is 1.12. The number of thiophene rings is 1. The van der Waals surface area contributed by atoms with Crippen LogP contribution in [0.1, 0.15) is 0 Å². The van der Waals surface area contributed by atoms with Crippen LogP contribution in [-0.4, -0.2) is 0 Å². The van der Waals surface area contributed by atoms with Crippen LogP contribution in [0, 0.1) is 0 Å². The van der Waals surface area contributed by atoms with Crippen molar-refractivity contribution in [2.24, 2.45) is 0 Å². The van der Waals surface area contributed by atoms with Gasteiger partial charge in [0.2, 0.25) is 0 Å². The molecule has 0 spiro atoms. The summed E-state index contributed by atoms with van der Waals surface area (Å²) in [6.45, 7) is 0. The van der Waals surface area contributed by atoms with E-state index in [1.807, 2.05) is 11.3 Å². The van der Waals surface area contributed by atoms with Crippen molar-refractivity contribution < 1.29 is 0 Å². The third-order valence-electron chi connectivity index (χ3n) is 9.58. The molecule has 1 aromatic heterocycles. The molecule has 9 aromatic rings. The second-order valence-electron chi connectivity index (χ2n) is 12.6. The van der Waals surface area contributed by atoms with E-state index in [9.17, 15) is 0 Å². The maximum absolute atomic E-state index is 2.38. The van der Waals surface area contributed by atoms with Gasteiger partial charge < -0.3 is 4.90 Å². The lowest BCUT2D eigenvalue weighted by Crippen LogP contribution is -2.10. The fourth-order valence-electron chi connectivity index (χ4n) is 7.23. The molecular formula is C48H35NS2. The molecule has 0 saturated carbocycles. The number of hydrogen-bond donors (Lipinski definition) is 0. The summed E-state index contributed by atoms with van der Waals surface area (Å²) in [6, 6.07) is 77.6. The zero-order valence-corrected chi connectivity index (χ0v) is 29.6. The van der Waals surface area contributed by atoms with Crippen LogP contribution in [0.4, 0.5) is 17.1 Å². The van der Waals surface area contributed by atoms with Gasteiger partial charge in [-0.3, -0.25) is 0 Å². The first-order valence-electron chi connectivity index (χ1n) is 17.2. The summed E-state index contributed by atoms with van der Waals surface area (Å²) in [5.41, 5.74) is 5.89. The molecule has 0 aliphatic rings. The van der Waals surface area contributed by atoms with E-state index >= 15 is 0 Å². The third kappa shape index (κ3) is 5.61. The van der Waals surface area contributed by atoms with Gasteiger partial charge in [-0.2, -0.15) is 0 Å². The fourth-order valence-corrected chi connectivity index (χ4v) is 12.3. The van der Waals surface area contributed by atoms with Crippen molar-refractivity contribution in [3.05, 3.63) is 212 Å². The van der Waals surface area contributed by atoms with E-state index in [0.29, 0.717) is 0 Å². The number of hydrogen-bond acceptors (Lipinski definition) is 2. The van der Waals surface area contributed by atoms with Crippen LogP contribution < -0.4 is 4.90 Å². The predicted octanol–water partition coefficient (Wildman–Crippen LogP) is 14.5. The molecular weight excluding hydrogens is 655 g/mol. The number of para-hydroxylation sites is 1. The number of nitrogens with zero attached hydrogens (tertiary/aromatic N) is 1. The molecule has 1 heterocycles. The zero-order valence-electron chi connectivity index (χ0n) is 28.0. The Labute approximate surface area is 305 Å². The highest BCUT2D eigenvalue weighted by Crippen LogP contribution is 2.73. The Morgan fingerprint density at radius 1 is 0.314 bits per heavy atom. The summed E-state index contributed by atoms with van der Waals surface area (Å²) < 4.78 is 2.59. The minimum Gasteiger partial charge on any atom is -0.310 e. The SMILES string of the molecule is c1ccc(-c2ccc3c(c2)sc2cc(N(c4ccccc4)c4ccc(S(c5ccccc5)(c5ccccc5)c5ccccc5)cc4)ccc23)cc1. The highest BCUT2D eigenvalue weighted by atomic mass is 32.3. The Kier molecular flexibility index (Phi) is 8.21. The smallest absolute Gasteiger partial charge is 0.0476 e. The van der Waals surface area contributed by atoms with E-state index in [4.69, 9.17) is 0 Å². The summed E-state index contributed by atoms with van der Waals surface area (Å²) in [6.07, 6.45) is 0. The standard InChI is InChI=1S/C48H35NS2/c1-6-16-36(17-7-1)37-26-32-45-46-33-29-40(35-48(46)50-47(45)34-37)49(38-18-8-2-9-19-38)39-27-30-44(31-28-39)51(41-20-10-3-11-21-41,42-22-12-4-13-23-42)43-24-14-5-15-25-43/h1-35H. The Morgan fingerprint density at radius 2 is 0.725 bits per heavy atom. The van der Waals surface area contributed by atoms with Crippen molar-refractivity contribution in [3.8, 4) is 11.1 Å². The van der Waals surface area contributed by atoms with Gasteiger partial charge in [-0.25, -0.2) is 0 Å². The number of anilines is 3. The molecule has 0 atom stereocenters. The molecule has 0 amide bonds. The topological polar surface area (TPSA) is 3.24 Å². The lowest BCUT2D eigenvalue weighted by Gasteiger charge is -2.42. The number of rotatable bonds is 8. The maximum Gasteiger partial charge on any atom is 0.0476 e. The molecule has 51 heavy (non-hydrogen) atoms. The second kappa shape index (κ2) is 13.4. The Bertz CT molecular complexity index is 2450. The van der Waals surface area contributed by atoms with Crippen LogP contribution >= 0.6 is 21.4 Å². The van der Waals surface area contributed by atoms with E-state index in [1.165, 1.54) is 50.9 Å². The zero-order chi connectivity index (χ0) is 34.0. The molecule has 9 rings (SSSR count). The fraction of sp³-hybridized carbons (Fsp3) is 0. The normalized spacial score (nSPS) is 11.8. The first-order valence-corrected chi connectivity index (χ1v) is 19.7. The monoisotopic (exact) mass is 689 g/mol. The third-order valence-corrected chi connectivity index (χ3v) is 14.6. The quantitative estimate of drug-likeness (QED) is 0.153. The summed E-state index contributed by atoms with van der Waals surface area (Å²) in [5, 5.41) is 2.60. The van der Waals surface area contributed by atoms with E-state index in [1.54, 1.807) is 0 Å². The van der Waals surface area contributed by atoms with Gasteiger partial charge in [0, 0.05) is 56.8 Å². The van der Waals surface area contributed by atoms with Crippen molar-refractivity contribution in [2.45, 2.75) is 19.6 Å². The molecule has 0 saturated heterocycles. The molecule has 0 unspecified atom stereocenters. The van der Waals surface area contributed by atoms with Crippen LogP contribution in [0.2, 0.25) is 0 Å². The van der Waals surface area contributed by atoms with E-state index < -0.39 is 10.0 Å². The molecule has 0 N–H and O–H groups in total. The van der Waals surface area contributed by atoms with Crippen molar-refractivity contribution >= 4 is 58.6 Å². The van der Waals surface area contributed by atoms with Crippen LogP contribution in [0.25, 0.3) is 31.3 Å². The van der Waals surface area contributed by atoms with Gasteiger partial charge in [-0.05, 0) is 102 Å². The van der Waals surface area contributed by atoms with E-state index in [2.05, 4.69) is 217 Å². The minimum atomic E-state index is -1.77. The Morgan fingerprint density at radius 3 is 1.27 bits per heavy atom. The van der Waals surface area contributed by atoms with Gasteiger partial charge in [0.25, 0.3) is 0 Å². The molecule has 0 bridgehead atoms. The van der Waals surface area contributed by atoms with E-state index in [0.717, 1.165) is 17.1 Å². The van der Waals surface area contributed by atoms with Crippen molar-refractivity contribution in [1.29, 1.82) is 0 Å². The van der Waals surface area contributed by atoms with Crippen LogP contribution in [-0.2, 0) is 0 Å². The largest absolute Gasteiger partial charge is 0.310 e. The van der Waals surface area contributed by atoms with Gasteiger partial charge in [0.15, 0.2) is 0 Å². The van der Waals surface area contributed by atoms with E-state index in [-0.39, 0.29) is 0 Å². The van der Waals surface area contributed by atoms with Crippen molar-refractivity contribution in [1.82, 2.24) is 0 Å². The number of fused-ring (bicyclic) bond motifs is 3. The predicted molar refractivity (Wildman–Crippen MR) is 219 cm³/mol. The summed E-state index contributed by atoms with van der Waals surface area (Å²) in [4.78, 5) is 7.65. The average Bonchev–Trinajstić information content (AvgIpc) is 3.58. The highest BCUT2D eigenvalue weighted by molar-refractivity contribution is 8.34. The first kappa shape index (κ1) is 31.1. The van der Waals surface area contributed by atoms with Gasteiger partial charge in [0.1, 0.15) is 0 Å². The van der Waals surface area contributed by atoms with Gasteiger partial charge in [0.05, 0.1) is 0 Å². The Hall–Kier alpha value is -5.87. The lowest BCUT2D eigenvalue weighted by atomic mass is 10.0. The van der Waals surface area contributed by atoms with Gasteiger partial charge in [-0.1, -0.05) is 121 Å². The molecule has 3 heteroatoms. The van der Waals surface area contributed by atoms with Gasteiger partial charge >= 0.3 is 0 Å². The van der Waals surface area contributed by atoms with Crippen LogP contribution in [0.5, 0.6) is 0 Å². The molecule has 244 valence electrons. The first-order chi connectivity index (χ1) is 25.3. The molecule has 0 aliphatic heterocycles. The van der Waals surface area contributed by atoms with Crippen molar-refractivity contribution in [3.63, 3.8) is 0 Å². The lowest BCUT2D eigenvalue weighted by molar-refractivity contribution is 1.23. The highest BCUT2D eigenvalue weighted by Gasteiger charge is 2.33. The Balaban J connectivity index is 1.18. The van der Waals surface area contributed by atoms with Gasteiger partial charge in [-0.15, -0.1) is 21.4 Å². The second-order valence-corrected chi connectivity index (χ2v) is 16.8. The molecule has 0 radical (unpaired) electrons. The maximum atomic E-state index is 2.38. The van der Waals surface area contributed by atoms with Crippen LogP contribution in [0.3, 0.4) is 0 Å². The number of benzene rings is 8.